The summed E-state index contributed by atoms with van der Waals surface area (Å²) >= 11 is 0. The summed E-state index contributed by atoms with van der Waals surface area (Å²) in [4.78, 5) is 3.99. The SMILES string of the molecule is CCN(CC)S(=O)(=O)N1CCCC1c1ccncc1. The molecule has 1 atom stereocenters. The first-order valence-corrected chi connectivity index (χ1v) is 8.17. The molecule has 6 heteroatoms. The molecule has 2 heterocycles. The minimum atomic E-state index is -3.35. The van der Waals surface area contributed by atoms with Crippen LogP contribution < -0.4 is 0 Å². The molecule has 1 aliphatic rings. The zero-order valence-corrected chi connectivity index (χ0v) is 12.3. The van der Waals surface area contributed by atoms with Gasteiger partial charge in [-0.05, 0) is 30.5 Å². The fourth-order valence-electron chi connectivity index (χ4n) is 2.63. The minimum Gasteiger partial charge on any atom is -0.265 e. The molecule has 1 saturated heterocycles. The Morgan fingerprint density at radius 2 is 1.95 bits per heavy atom. The zero-order valence-electron chi connectivity index (χ0n) is 11.5. The Balaban J connectivity index is 2.29. The van der Waals surface area contributed by atoms with Crippen molar-refractivity contribution in [3.05, 3.63) is 30.1 Å². The fraction of sp³-hybridized carbons (Fsp3) is 0.615. The molecule has 1 fully saturated rings. The Morgan fingerprint density at radius 1 is 1.32 bits per heavy atom. The lowest BCUT2D eigenvalue weighted by atomic mass is 10.1. The smallest absolute Gasteiger partial charge is 0.265 e. The number of pyridine rings is 1. The van der Waals surface area contributed by atoms with Gasteiger partial charge in [0.1, 0.15) is 0 Å². The van der Waals surface area contributed by atoms with Crippen LogP contribution in [-0.4, -0.2) is 41.6 Å². The van der Waals surface area contributed by atoms with E-state index < -0.39 is 10.2 Å². The summed E-state index contributed by atoms with van der Waals surface area (Å²) in [6.07, 6.45) is 5.23. The number of aromatic nitrogens is 1. The highest BCUT2D eigenvalue weighted by Gasteiger charge is 2.37. The molecule has 19 heavy (non-hydrogen) atoms. The summed E-state index contributed by atoms with van der Waals surface area (Å²) in [5, 5.41) is 0. The molecule has 5 nitrogen and oxygen atoms in total. The molecular formula is C13H21N3O2S. The van der Waals surface area contributed by atoms with Crippen LogP contribution in [0.2, 0.25) is 0 Å². The van der Waals surface area contributed by atoms with Gasteiger partial charge >= 0.3 is 0 Å². The molecule has 1 unspecified atom stereocenters. The van der Waals surface area contributed by atoms with Gasteiger partial charge in [-0.1, -0.05) is 13.8 Å². The van der Waals surface area contributed by atoms with Crippen LogP contribution in [0.4, 0.5) is 0 Å². The maximum Gasteiger partial charge on any atom is 0.282 e. The second-order valence-corrected chi connectivity index (χ2v) is 6.52. The lowest BCUT2D eigenvalue weighted by Gasteiger charge is -2.29. The first-order chi connectivity index (χ1) is 9.11. The second kappa shape index (κ2) is 5.98. The minimum absolute atomic E-state index is 0.0476. The summed E-state index contributed by atoms with van der Waals surface area (Å²) in [7, 11) is -3.35. The van der Waals surface area contributed by atoms with Crippen molar-refractivity contribution in [1.82, 2.24) is 13.6 Å². The summed E-state index contributed by atoms with van der Waals surface area (Å²) in [5.41, 5.74) is 1.03. The first-order valence-electron chi connectivity index (χ1n) is 6.78. The fourth-order valence-corrected chi connectivity index (χ4v) is 4.49. The lowest BCUT2D eigenvalue weighted by Crippen LogP contribution is -2.43. The normalized spacial score (nSPS) is 21.1. The quantitative estimate of drug-likeness (QED) is 0.828. The molecule has 0 spiro atoms. The van der Waals surface area contributed by atoms with Crippen molar-refractivity contribution in [2.24, 2.45) is 0 Å². The van der Waals surface area contributed by atoms with Crippen molar-refractivity contribution in [2.75, 3.05) is 19.6 Å². The first kappa shape index (κ1) is 14.4. The second-order valence-electron chi connectivity index (χ2n) is 4.64. The van der Waals surface area contributed by atoms with E-state index in [-0.39, 0.29) is 6.04 Å². The molecule has 0 aliphatic carbocycles. The van der Waals surface area contributed by atoms with Crippen LogP contribution in [0, 0.1) is 0 Å². The van der Waals surface area contributed by atoms with E-state index in [0.29, 0.717) is 19.6 Å². The molecule has 0 bridgehead atoms. The Kier molecular flexibility index (Phi) is 4.54. The number of hydrogen-bond donors (Lipinski definition) is 0. The van der Waals surface area contributed by atoms with E-state index in [9.17, 15) is 8.42 Å². The van der Waals surface area contributed by atoms with E-state index in [1.54, 1.807) is 16.7 Å². The van der Waals surface area contributed by atoms with Gasteiger partial charge in [0, 0.05) is 32.0 Å². The van der Waals surface area contributed by atoms with Crippen LogP contribution in [0.5, 0.6) is 0 Å². The Labute approximate surface area is 115 Å². The van der Waals surface area contributed by atoms with Gasteiger partial charge in [0.05, 0.1) is 6.04 Å². The van der Waals surface area contributed by atoms with Gasteiger partial charge in [0.2, 0.25) is 0 Å². The van der Waals surface area contributed by atoms with Gasteiger partial charge < -0.3 is 0 Å². The van der Waals surface area contributed by atoms with Gasteiger partial charge in [-0.2, -0.15) is 17.0 Å². The molecule has 0 radical (unpaired) electrons. The van der Waals surface area contributed by atoms with Crippen LogP contribution in [0.3, 0.4) is 0 Å². The Bertz CT molecular complexity index is 500. The Hall–Kier alpha value is -0.980. The van der Waals surface area contributed by atoms with Crippen molar-refractivity contribution >= 4 is 10.2 Å². The van der Waals surface area contributed by atoms with Gasteiger partial charge in [-0.15, -0.1) is 0 Å². The zero-order chi connectivity index (χ0) is 13.9. The monoisotopic (exact) mass is 283 g/mol. The predicted molar refractivity (Wildman–Crippen MR) is 74.8 cm³/mol. The lowest BCUT2D eigenvalue weighted by molar-refractivity contribution is 0.338. The molecule has 0 amide bonds. The molecular weight excluding hydrogens is 262 g/mol. The van der Waals surface area contributed by atoms with Crippen LogP contribution in [0.1, 0.15) is 38.3 Å². The molecule has 0 saturated carbocycles. The third-order valence-corrected chi connectivity index (χ3v) is 5.82. The topological polar surface area (TPSA) is 53.5 Å². The van der Waals surface area contributed by atoms with Crippen molar-refractivity contribution in [3.8, 4) is 0 Å². The number of rotatable bonds is 5. The molecule has 106 valence electrons. The van der Waals surface area contributed by atoms with Gasteiger partial charge in [-0.3, -0.25) is 4.98 Å². The molecule has 1 aromatic rings. The highest BCUT2D eigenvalue weighted by molar-refractivity contribution is 7.86. The highest BCUT2D eigenvalue weighted by atomic mass is 32.2. The van der Waals surface area contributed by atoms with Crippen LogP contribution in [0.15, 0.2) is 24.5 Å². The van der Waals surface area contributed by atoms with Gasteiger partial charge in [-0.25, -0.2) is 0 Å². The van der Waals surface area contributed by atoms with Crippen LogP contribution in [0.25, 0.3) is 0 Å². The number of hydrogen-bond acceptors (Lipinski definition) is 3. The van der Waals surface area contributed by atoms with Crippen LogP contribution in [-0.2, 0) is 10.2 Å². The number of nitrogens with zero attached hydrogens (tertiary/aromatic N) is 3. The van der Waals surface area contributed by atoms with E-state index in [1.165, 1.54) is 4.31 Å². The summed E-state index contributed by atoms with van der Waals surface area (Å²) in [6, 6.07) is 3.76. The largest absolute Gasteiger partial charge is 0.282 e. The summed E-state index contributed by atoms with van der Waals surface area (Å²) in [5.74, 6) is 0. The van der Waals surface area contributed by atoms with E-state index in [1.807, 2.05) is 26.0 Å². The van der Waals surface area contributed by atoms with E-state index in [0.717, 1.165) is 18.4 Å². The van der Waals surface area contributed by atoms with Crippen molar-refractivity contribution < 1.29 is 8.42 Å². The van der Waals surface area contributed by atoms with Gasteiger partial charge in [0.15, 0.2) is 0 Å². The Morgan fingerprint density at radius 3 is 2.53 bits per heavy atom. The predicted octanol–water partition coefficient (Wildman–Crippen LogP) is 1.81. The highest BCUT2D eigenvalue weighted by Crippen LogP contribution is 2.34. The van der Waals surface area contributed by atoms with Gasteiger partial charge in [0.25, 0.3) is 10.2 Å². The third-order valence-electron chi connectivity index (χ3n) is 3.62. The molecule has 1 aliphatic heterocycles. The average Bonchev–Trinajstić information content (AvgIpc) is 2.91. The summed E-state index contributed by atoms with van der Waals surface area (Å²) in [6.45, 7) is 5.37. The van der Waals surface area contributed by atoms with Crippen LogP contribution >= 0.6 is 0 Å². The molecule has 0 N–H and O–H groups in total. The maximum absolute atomic E-state index is 12.6. The van der Waals surface area contributed by atoms with Crippen molar-refractivity contribution in [2.45, 2.75) is 32.7 Å². The van der Waals surface area contributed by atoms with E-state index in [4.69, 9.17) is 0 Å². The van der Waals surface area contributed by atoms with Crippen molar-refractivity contribution in [1.29, 1.82) is 0 Å². The molecule has 0 aromatic carbocycles. The standard InChI is InChI=1S/C13H21N3O2S/c1-3-15(4-2)19(17,18)16-11-5-6-13(16)12-7-9-14-10-8-12/h7-10,13H,3-6,11H2,1-2H3. The third kappa shape index (κ3) is 2.80. The summed E-state index contributed by atoms with van der Waals surface area (Å²) < 4.78 is 28.4. The molecule has 2 rings (SSSR count). The van der Waals surface area contributed by atoms with E-state index in [2.05, 4.69) is 4.98 Å². The average molecular weight is 283 g/mol. The van der Waals surface area contributed by atoms with E-state index >= 15 is 0 Å². The molecule has 1 aromatic heterocycles. The maximum atomic E-state index is 12.6. The van der Waals surface area contributed by atoms with Crippen molar-refractivity contribution in [3.63, 3.8) is 0 Å².